The third kappa shape index (κ3) is 3.43. The Morgan fingerprint density at radius 2 is 2.18 bits per heavy atom. The van der Waals surface area contributed by atoms with Gasteiger partial charge in [0.05, 0.1) is 6.10 Å². The molecule has 98 valence electrons. The Morgan fingerprint density at radius 3 is 2.71 bits per heavy atom. The van der Waals surface area contributed by atoms with Gasteiger partial charge in [-0.1, -0.05) is 6.92 Å². The number of hydrogen-bond donors (Lipinski definition) is 1. The molecule has 2 amide bonds. The lowest BCUT2D eigenvalue weighted by atomic mass is 10.1. The molecule has 5 nitrogen and oxygen atoms in total. The highest BCUT2D eigenvalue weighted by Crippen LogP contribution is 2.14. The van der Waals surface area contributed by atoms with Crippen molar-refractivity contribution in [3.63, 3.8) is 0 Å². The van der Waals surface area contributed by atoms with Gasteiger partial charge in [0.15, 0.2) is 0 Å². The first-order chi connectivity index (χ1) is 7.99. The molecule has 0 aromatic rings. The molecule has 1 N–H and O–H groups in total. The van der Waals surface area contributed by atoms with Crippen molar-refractivity contribution in [1.29, 1.82) is 0 Å². The zero-order chi connectivity index (χ0) is 13.0. The lowest BCUT2D eigenvalue weighted by Crippen LogP contribution is -2.48. The van der Waals surface area contributed by atoms with E-state index in [0.29, 0.717) is 19.4 Å². The minimum Gasteiger partial charge on any atom is -0.380 e. The van der Waals surface area contributed by atoms with Crippen LogP contribution in [0.4, 0.5) is 0 Å². The summed E-state index contributed by atoms with van der Waals surface area (Å²) in [6, 6.07) is -0.465. The van der Waals surface area contributed by atoms with E-state index in [0.717, 1.165) is 0 Å². The summed E-state index contributed by atoms with van der Waals surface area (Å²) >= 11 is 0. The summed E-state index contributed by atoms with van der Waals surface area (Å²) in [4.78, 5) is 25.6. The molecule has 0 spiro atoms. The Balaban J connectivity index is 2.82. The number of methoxy groups -OCH3 is 1. The molecule has 0 radical (unpaired) electrons. The van der Waals surface area contributed by atoms with E-state index in [1.165, 1.54) is 0 Å². The van der Waals surface area contributed by atoms with Crippen LogP contribution < -0.4 is 5.32 Å². The lowest BCUT2D eigenvalue weighted by Gasteiger charge is -2.30. The van der Waals surface area contributed by atoms with Crippen LogP contribution in [0.1, 0.15) is 33.6 Å². The van der Waals surface area contributed by atoms with Gasteiger partial charge in [-0.15, -0.1) is 0 Å². The Kier molecular flexibility index (Phi) is 4.93. The first-order valence-electron chi connectivity index (χ1n) is 6.12. The van der Waals surface area contributed by atoms with Gasteiger partial charge in [0.2, 0.25) is 11.8 Å². The van der Waals surface area contributed by atoms with E-state index < -0.39 is 6.04 Å². The average Bonchev–Trinajstić information content (AvgIpc) is 2.39. The third-order valence-corrected chi connectivity index (χ3v) is 3.19. The van der Waals surface area contributed by atoms with E-state index in [1.807, 2.05) is 20.8 Å². The van der Waals surface area contributed by atoms with Crippen LogP contribution in [0.2, 0.25) is 0 Å². The van der Waals surface area contributed by atoms with Gasteiger partial charge < -0.3 is 15.0 Å². The van der Waals surface area contributed by atoms with Crippen LogP contribution in [0.15, 0.2) is 0 Å². The molecule has 1 aliphatic rings. The fraction of sp³-hybridized carbons (Fsp3) is 0.833. The highest BCUT2D eigenvalue weighted by Gasteiger charge is 2.33. The zero-order valence-electron chi connectivity index (χ0n) is 11.0. The van der Waals surface area contributed by atoms with Crippen LogP contribution in [0, 0.1) is 0 Å². The van der Waals surface area contributed by atoms with Gasteiger partial charge in [-0.05, 0) is 20.3 Å². The summed E-state index contributed by atoms with van der Waals surface area (Å²) in [7, 11) is 1.62. The van der Waals surface area contributed by atoms with Gasteiger partial charge in [-0.25, -0.2) is 0 Å². The Bertz CT molecular complexity index is 293. The maximum absolute atomic E-state index is 12.2. The van der Waals surface area contributed by atoms with Crippen molar-refractivity contribution in [3.05, 3.63) is 0 Å². The van der Waals surface area contributed by atoms with Gasteiger partial charge in [0, 0.05) is 26.1 Å². The van der Waals surface area contributed by atoms with Gasteiger partial charge >= 0.3 is 0 Å². The Labute approximate surface area is 102 Å². The number of carbonyl (C=O) groups excluding carboxylic acids is 2. The number of nitrogens with zero attached hydrogens (tertiary/aromatic N) is 1. The average molecular weight is 242 g/mol. The number of rotatable bonds is 4. The predicted octanol–water partition coefficient (Wildman–Crippen LogP) is 0.537. The molecule has 1 heterocycles. The maximum Gasteiger partial charge on any atom is 0.245 e. The summed E-state index contributed by atoms with van der Waals surface area (Å²) in [6.07, 6.45) is 0.959. The monoisotopic (exact) mass is 242 g/mol. The molecule has 1 saturated heterocycles. The van der Waals surface area contributed by atoms with Gasteiger partial charge in [-0.3, -0.25) is 9.59 Å². The molecule has 1 fully saturated rings. The summed E-state index contributed by atoms with van der Waals surface area (Å²) in [5.74, 6) is -0.0555. The molecule has 0 saturated carbocycles. The molecular weight excluding hydrogens is 220 g/mol. The third-order valence-electron chi connectivity index (χ3n) is 3.19. The fourth-order valence-electron chi connectivity index (χ4n) is 2.01. The topological polar surface area (TPSA) is 58.6 Å². The maximum atomic E-state index is 12.2. The van der Waals surface area contributed by atoms with E-state index in [9.17, 15) is 9.59 Å². The van der Waals surface area contributed by atoms with E-state index >= 15 is 0 Å². The van der Waals surface area contributed by atoms with Crippen molar-refractivity contribution < 1.29 is 14.3 Å². The number of carbonyl (C=O) groups is 2. The molecule has 17 heavy (non-hydrogen) atoms. The van der Waals surface area contributed by atoms with E-state index in [1.54, 1.807) is 12.0 Å². The van der Waals surface area contributed by atoms with E-state index in [2.05, 4.69) is 5.32 Å². The molecule has 0 bridgehead atoms. The van der Waals surface area contributed by atoms with Crippen LogP contribution in [0.25, 0.3) is 0 Å². The second-order valence-electron chi connectivity index (χ2n) is 4.62. The SMILES string of the molecule is CCC1NC(=O)CC(C)N(CC(C)OC)C1=O. The first kappa shape index (κ1) is 14.0. The quantitative estimate of drug-likeness (QED) is 0.782. The summed E-state index contributed by atoms with van der Waals surface area (Å²) < 4.78 is 5.19. The fourth-order valence-corrected chi connectivity index (χ4v) is 2.01. The second kappa shape index (κ2) is 6.00. The lowest BCUT2D eigenvalue weighted by molar-refractivity contribution is -0.136. The molecule has 0 aromatic heterocycles. The number of nitrogens with one attached hydrogen (secondary N) is 1. The minimum absolute atomic E-state index is 0.00486. The summed E-state index contributed by atoms with van der Waals surface area (Å²) in [5, 5.41) is 2.76. The normalized spacial score (nSPS) is 27.6. The number of hydrogen-bond acceptors (Lipinski definition) is 3. The summed E-state index contributed by atoms with van der Waals surface area (Å²) in [5.41, 5.74) is 0. The smallest absolute Gasteiger partial charge is 0.245 e. The number of ether oxygens (including phenoxy) is 1. The molecule has 0 aliphatic carbocycles. The van der Waals surface area contributed by atoms with Crippen LogP contribution in [0.5, 0.6) is 0 Å². The van der Waals surface area contributed by atoms with Crippen molar-refractivity contribution in [2.45, 2.75) is 51.8 Å². The Hall–Kier alpha value is -1.10. The molecule has 1 rings (SSSR count). The van der Waals surface area contributed by atoms with Crippen LogP contribution in [-0.4, -0.2) is 48.6 Å². The van der Waals surface area contributed by atoms with Gasteiger partial charge in [0.1, 0.15) is 6.04 Å². The molecule has 0 aromatic carbocycles. The number of amides is 2. The van der Waals surface area contributed by atoms with Gasteiger partial charge in [0.25, 0.3) is 0 Å². The van der Waals surface area contributed by atoms with E-state index in [4.69, 9.17) is 4.74 Å². The zero-order valence-corrected chi connectivity index (χ0v) is 11.0. The van der Waals surface area contributed by atoms with Crippen molar-refractivity contribution >= 4 is 11.8 Å². The van der Waals surface area contributed by atoms with Crippen LogP contribution in [0.3, 0.4) is 0 Å². The highest BCUT2D eigenvalue weighted by molar-refractivity contribution is 5.90. The van der Waals surface area contributed by atoms with Crippen molar-refractivity contribution in [3.8, 4) is 0 Å². The molecule has 3 atom stereocenters. The standard InChI is InChI=1S/C12H22N2O3/c1-5-10-12(16)14(7-9(3)17-4)8(2)6-11(15)13-10/h8-10H,5-7H2,1-4H3,(H,13,15). The molecule has 3 unspecified atom stereocenters. The molecular formula is C12H22N2O3. The Morgan fingerprint density at radius 1 is 1.53 bits per heavy atom. The van der Waals surface area contributed by atoms with Crippen molar-refractivity contribution in [2.24, 2.45) is 0 Å². The van der Waals surface area contributed by atoms with Crippen LogP contribution >= 0.6 is 0 Å². The van der Waals surface area contributed by atoms with Crippen LogP contribution in [-0.2, 0) is 14.3 Å². The second-order valence-corrected chi connectivity index (χ2v) is 4.62. The van der Waals surface area contributed by atoms with Crippen molar-refractivity contribution in [1.82, 2.24) is 10.2 Å². The largest absolute Gasteiger partial charge is 0.380 e. The molecule has 1 aliphatic heterocycles. The van der Waals surface area contributed by atoms with E-state index in [-0.39, 0.29) is 24.0 Å². The predicted molar refractivity (Wildman–Crippen MR) is 64.5 cm³/mol. The first-order valence-corrected chi connectivity index (χ1v) is 6.12. The highest BCUT2D eigenvalue weighted by atomic mass is 16.5. The summed E-state index contributed by atoms with van der Waals surface area (Å²) in [6.45, 7) is 6.25. The molecule has 5 heteroatoms. The minimum atomic E-state index is -0.392. The van der Waals surface area contributed by atoms with Crippen molar-refractivity contribution in [2.75, 3.05) is 13.7 Å². The van der Waals surface area contributed by atoms with Gasteiger partial charge in [-0.2, -0.15) is 0 Å².